The van der Waals surface area contributed by atoms with E-state index in [4.69, 9.17) is 5.11 Å². The largest absolute Gasteiger partial charge is 0.481 e. The molecular formula is C9H12N4O3. The van der Waals surface area contributed by atoms with Gasteiger partial charge in [0.05, 0.1) is 6.42 Å². The maximum atomic E-state index is 11.9. The Kier molecular flexibility index (Phi) is 2.84. The molecule has 1 aromatic rings. The molecule has 0 spiro atoms. The highest BCUT2D eigenvalue weighted by Crippen LogP contribution is 2.27. The van der Waals surface area contributed by atoms with Crippen LogP contribution in [-0.2, 0) is 4.79 Å². The fourth-order valence-electron chi connectivity index (χ4n) is 1.50. The molecule has 1 fully saturated rings. The van der Waals surface area contributed by atoms with E-state index >= 15 is 0 Å². The molecule has 0 saturated heterocycles. The van der Waals surface area contributed by atoms with E-state index in [0.717, 1.165) is 12.8 Å². The number of carbonyl (C=O) groups excluding carboxylic acids is 1. The van der Waals surface area contributed by atoms with Crippen LogP contribution in [0.3, 0.4) is 0 Å². The number of rotatable bonds is 5. The number of carboxylic acids is 1. The summed E-state index contributed by atoms with van der Waals surface area (Å²) >= 11 is 0. The number of H-pyrrole nitrogens is 1. The summed E-state index contributed by atoms with van der Waals surface area (Å²) in [5.41, 5.74) is 0. The summed E-state index contributed by atoms with van der Waals surface area (Å²) in [5.74, 6) is -1.02. The molecule has 1 saturated carbocycles. The van der Waals surface area contributed by atoms with Gasteiger partial charge < -0.3 is 10.0 Å². The number of nitrogens with one attached hydrogen (secondary N) is 1. The van der Waals surface area contributed by atoms with Crippen molar-refractivity contribution in [3.8, 4) is 0 Å². The van der Waals surface area contributed by atoms with Crippen LogP contribution in [-0.4, -0.2) is 49.7 Å². The number of carbonyl (C=O) groups is 2. The molecule has 1 heterocycles. The van der Waals surface area contributed by atoms with Gasteiger partial charge in [0.2, 0.25) is 5.82 Å². The SMILES string of the molecule is O=C(O)CCN(C(=O)c1ncn[nH]1)C1CC1. The molecule has 1 aromatic heterocycles. The Morgan fingerprint density at radius 2 is 2.31 bits per heavy atom. The molecule has 0 radical (unpaired) electrons. The Hall–Kier alpha value is -1.92. The van der Waals surface area contributed by atoms with Crippen molar-refractivity contribution < 1.29 is 14.7 Å². The average Bonchev–Trinajstić information content (AvgIpc) is 2.93. The van der Waals surface area contributed by atoms with Crippen LogP contribution in [0.5, 0.6) is 0 Å². The number of aromatic amines is 1. The molecule has 0 aliphatic heterocycles. The first-order valence-corrected chi connectivity index (χ1v) is 5.06. The summed E-state index contributed by atoms with van der Waals surface area (Å²) in [4.78, 5) is 27.7. The average molecular weight is 224 g/mol. The maximum Gasteiger partial charge on any atom is 0.305 e. The maximum absolute atomic E-state index is 11.9. The molecule has 7 nitrogen and oxygen atoms in total. The van der Waals surface area contributed by atoms with Gasteiger partial charge in [-0.25, -0.2) is 4.98 Å². The molecular weight excluding hydrogens is 212 g/mol. The van der Waals surface area contributed by atoms with Gasteiger partial charge in [-0.2, -0.15) is 5.10 Å². The van der Waals surface area contributed by atoms with Crippen LogP contribution in [0.15, 0.2) is 6.33 Å². The summed E-state index contributed by atoms with van der Waals surface area (Å²) in [6.45, 7) is 0.222. The van der Waals surface area contributed by atoms with Crippen LogP contribution in [0.4, 0.5) is 0 Å². The van der Waals surface area contributed by atoms with Crippen molar-refractivity contribution in [2.45, 2.75) is 25.3 Å². The number of carboxylic acid groups (broad SMARTS) is 1. The minimum absolute atomic E-state index is 0.0453. The number of nitrogens with zero attached hydrogens (tertiary/aromatic N) is 3. The molecule has 1 aliphatic carbocycles. The van der Waals surface area contributed by atoms with Crippen molar-refractivity contribution in [2.24, 2.45) is 0 Å². The normalized spacial score (nSPS) is 14.8. The molecule has 1 amide bonds. The topological polar surface area (TPSA) is 99.2 Å². The third-order valence-electron chi connectivity index (χ3n) is 2.43. The van der Waals surface area contributed by atoms with E-state index in [2.05, 4.69) is 15.2 Å². The van der Waals surface area contributed by atoms with Crippen molar-refractivity contribution in [3.05, 3.63) is 12.2 Å². The molecule has 0 bridgehead atoms. The molecule has 2 rings (SSSR count). The van der Waals surface area contributed by atoms with Crippen LogP contribution in [0, 0.1) is 0 Å². The highest BCUT2D eigenvalue weighted by atomic mass is 16.4. The Bertz CT molecular complexity index is 385. The second-order valence-corrected chi connectivity index (χ2v) is 3.71. The van der Waals surface area contributed by atoms with Crippen molar-refractivity contribution in [1.82, 2.24) is 20.1 Å². The first kappa shape index (κ1) is 10.6. The van der Waals surface area contributed by atoms with Gasteiger partial charge in [-0.15, -0.1) is 0 Å². The molecule has 16 heavy (non-hydrogen) atoms. The fraction of sp³-hybridized carbons (Fsp3) is 0.556. The lowest BCUT2D eigenvalue weighted by Gasteiger charge is -2.19. The zero-order valence-electron chi connectivity index (χ0n) is 8.59. The van der Waals surface area contributed by atoms with E-state index in [1.54, 1.807) is 4.90 Å². The molecule has 0 unspecified atom stereocenters. The summed E-state index contributed by atoms with van der Waals surface area (Å²) in [6.07, 6.45) is 3.07. The fourth-order valence-corrected chi connectivity index (χ4v) is 1.50. The van der Waals surface area contributed by atoms with Gasteiger partial charge in [-0.05, 0) is 12.8 Å². The highest BCUT2D eigenvalue weighted by Gasteiger charge is 2.34. The van der Waals surface area contributed by atoms with Gasteiger partial charge in [0.15, 0.2) is 0 Å². The summed E-state index contributed by atoms with van der Waals surface area (Å²) in [5, 5.41) is 14.7. The number of hydrogen-bond donors (Lipinski definition) is 2. The van der Waals surface area contributed by atoms with E-state index in [1.807, 2.05) is 0 Å². The summed E-state index contributed by atoms with van der Waals surface area (Å²) < 4.78 is 0. The number of amides is 1. The molecule has 86 valence electrons. The zero-order chi connectivity index (χ0) is 11.5. The van der Waals surface area contributed by atoms with Gasteiger partial charge in [0.1, 0.15) is 6.33 Å². The highest BCUT2D eigenvalue weighted by molar-refractivity contribution is 5.91. The second-order valence-electron chi connectivity index (χ2n) is 3.71. The van der Waals surface area contributed by atoms with Crippen molar-refractivity contribution >= 4 is 11.9 Å². The monoisotopic (exact) mass is 224 g/mol. The van der Waals surface area contributed by atoms with Gasteiger partial charge in [-0.3, -0.25) is 14.7 Å². The van der Waals surface area contributed by atoms with Gasteiger partial charge >= 0.3 is 5.97 Å². The van der Waals surface area contributed by atoms with Crippen LogP contribution in [0.25, 0.3) is 0 Å². The first-order chi connectivity index (χ1) is 7.68. The lowest BCUT2D eigenvalue weighted by molar-refractivity contribution is -0.137. The smallest absolute Gasteiger partial charge is 0.305 e. The predicted molar refractivity (Wildman–Crippen MR) is 52.7 cm³/mol. The van der Waals surface area contributed by atoms with Gasteiger partial charge in [0.25, 0.3) is 5.91 Å². The number of hydrogen-bond acceptors (Lipinski definition) is 4. The van der Waals surface area contributed by atoms with Crippen molar-refractivity contribution in [1.29, 1.82) is 0 Å². The third kappa shape index (κ3) is 2.36. The van der Waals surface area contributed by atoms with E-state index < -0.39 is 5.97 Å². The van der Waals surface area contributed by atoms with E-state index in [1.165, 1.54) is 6.33 Å². The van der Waals surface area contributed by atoms with Crippen LogP contribution in [0.2, 0.25) is 0 Å². The molecule has 0 aromatic carbocycles. The van der Waals surface area contributed by atoms with E-state index in [0.29, 0.717) is 0 Å². The third-order valence-corrected chi connectivity index (χ3v) is 2.43. The van der Waals surface area contributed by atoms with Crippen LogP contribution in [0.1, 0.15) is 29.9 Å². The molecule has 1 aliphatic rings. The predicted octanol–water partition coefficient (Wildman–Crippen LogP) is -0.116. The molecule has 0 atom stereocenters. The van der Waals surface area contributed by atoms with E-state index in [9.17, 15) is 9.59 Å². The Morgan fingerprint density at radius 3 is 2.81 bits per heavy atom. The Morgan fingerprint density at radius 1 is 1.56 bits per heavy atom. The quantitative estimate of drug-likeness (QED) is 0.726. The lowest BCUT2D eigenvalue weighted by atomic mass is 10.3. The minimum atomic E-state index is -0.906. The lowest BCUT2D eigenvalue weighted by Crippen LogP contribution is -2.35. The second kappa shape index (κ2) is 4.30. The van der Waals surface area contributed by atoms with Gasteiger partial charge in [-0.1, -0.05) is 0 Å². The Balaban J connectivity index is 2.01. The number of aromatic nitrogens is 3. The summed E-state index contributed by atoms with van der Waals surface area (Å²) in [7, 11) is 0. The number of aliphatic carboxylic acids is 1. The van der Waals surface area contributed by atoms with Crippen LogP contribution < -0.4 is 0 Å². The first-order valence-electron chi connectivity index (χ1n) is 5.06. The van der Waals surface area contributed by atoms with Crippen LogP contribution >= 0.6 is 0 Å². The van der Waals surface area contributed by atoms with Gasteiger partial charge in [0, 0.05) is 12.6 Å². The van der Waals surface area contributed by atoms with Crippen molar-refractivity contribution in [3.63, 3.8) is 0 Å². The zero-order valence-corrected chi connectivity index (χ0v) is 8.59. The molecule has 7 heteroatoms. The molecule has 2 N–H and O–H groups in total. The minimum Gasteiger partial charge on any atom is -0.481 e. The van der Waals surface area contributed by atoms with Crippen molar-refractivity contribution in [2.75, 3.05) is 6.54 Å². The Labute approximate surface area is 91.5 Å². The summed E-state index contributed by atoms with van der Waals surface area (Å²) in [6, 6.07) is 0.164. The standard InChI is InChI=1S/C9H12N4O3/c14-7(15)3-4-13(6-1-2-6)9(16)8-10-5-11-12-8/h5-6H,1-4H2,(H,14,15)(H,10,11,12). The van der Waals surface area contributed by atoms with E-state index in [-0.39, 0.29) is 30.7 Å².